The van der Waals surface area contributed by atoms with Gasteiger partial charge in [-0.15, -0.1) is 24.0 Å². The van der Waals surface area contributed by atoms with Crippen molar-refractivity contribution in [3.05, 3.63) is 29.6 Å². The molecule has 1 aliphatic heterocycles. The van der Waals surface area contributed by atoms with Crippen LogP contribution in [0.5, 0.6) is 5.75 Å². The second-order valence-electron chi connectivity index (χ2n) is 6.15. The number of ether oxygens (including phenoxy) is 1. The summed E-state index contributed by atoms with van der Waals surface area (Å²) in [7, 11) is 1.47. The maximum absolute atomic E-state index is 13.8. The molecule has 0 aromatic heterocycles. The highest BCUT2D eigenvalue weighted by Gasteiger charge is 2.20. The van der Waals surface area contributed by atoms with Crippen LogP contribution in [-0.4, -0.2) is 61.9 Å². The molecule has 0 bridgehead atoms. The van der Waals surface area contributed by atoms with Gasteiger partial charge in [-0.2, -0.15) is 0 Å². The fraction of sp³-hybridized carbons (Fsp3) is 0.611. The molecule has 148 valence electrons. The van der Waals surface area contributed by atoms with E-state index in [1.807, 2.05) is 13.0 Å². The second-order valence-corrected chi connectivity index (χ2v) is 6.15. The van der Waals surface area contributed by atoms with E-state index < -0.39 is 0 Å². The van der Waals surface area contributed by atoms with Crippen molar-refractivity contribution in [1.82, 2.24) is 15.5 Å². The van der Waals surface area contributed by atoms with Crippen LogP contribution in [0.4, 0.5) is 4.39 Å². The Hall–Kier alpha value is -1.13. The first-order chi connectivity index (χ1) is 12.2. The van der Waals surface area contributed by atoms with Gasteiger partial charge in [-0.3, -0.25) is 9.89 Å². The number of halogens is 2. The Kier molecular flexibility index (Phi) is 10.8. The Morgan fingerprint density at radius 1 is 1.38 bits per heavy atom. The van der Waals surface area contributed by atoms with Gasteiger partial charge in [0.2, 0.25) is 0 Å². The van der Waals surface area contributed by atoms with Crippen LogP contribution in [0.2, 0.25) is 0 Å². The number of benzene rings is 1. The van der Waals surface area contributed by atoms with E-state index in [9.17, 15) is 4.39 Å². The highest BCUT2D eigenvalue weighted by molar-refractivity contribution is 14.0. The van der Waals surface area contributed by atoms with Crippen LogP contribution in [-0.2, 0) is 6.54 Å². The molecule has 3 N–H and O–H groups in total. The maximum atomic E-state index is 13.8. The Labute approximate surface area is 172 Å². The number of rotatable bonds is 7. The number of aliphatic hydroxyl groups is 1. The summed E-state index contributed by atoms with van der Waals surface area (Å²) in [4.78, 5) is 6.65. The number of guanidine groups is 1. The van der Waals surface area contributed by atoms with Gasteiger partial charge in [-0.25, -0.2) is 4.39 Å². The Morgan fingerprint density at radius 3 is 2.69 bits per heavy atom. The van der Waals surface area contributed by atoms with Gasteiger partial charge in [-0.05, 0) is 37.5 Å². The molecule has 0 saturated carbocycles. The summed E-state index contributed by atoms with van der Waals surface area (Å²) in [6.07, 6.45) is 2.00. The van der Waals surface area contributed by atoms with E-state index >= 15 is 0 Å². The first-order valence-electron chi connectivity index (χ1n) is 8.86. The third-order valence-corrected chi connectivity index (χ3v) is 4.26. The lowest BCUT2D eigenvalue weighted by molar-refractivity contribution is 0.198. The van der Waals surface area contributed by atoms with Gasteiger partial charge in [0.15, 0.2) is 17.5 Å². The summed E-state index contributed by atoms with van der Waals surface area (Å²) in [6.45, 7) is 5.90. The van der Waals surface area contributed by atoms with Gasteiger partial charge in [0.1, 0.15) is 0 Å². The average Bonchev–Trinajstić information content (AvgIpc) is 2.62. The van der Waals surface area contributed by atoms with Gasteiger partial charge < -0.3 is 20.5 Å². The lowest BCUT2D eigenvalue weighted by Gasteiger charge is -2.33. The molecule has 26 heavy (non-hydrogen) atoms. The van der Waals surface area contributed by atoms with Crippen LogP contribution in [0, 0.1) is 5.82 Å². The quantitative estimate of drug-likeness (QED) is 0.317. The number of aliphatic hydroxyl groups excluding tert-OH is 1. The normalized spacial score (nSPS) is 16.1. The van der Waals surface area contributed by atoms with Crippen molar-refractivity contribution >= 4 is 29.9 Å². The van der Waals surface area contributed by atoms with Crippen molar-refractivity contribution in [2.24, 2.45) is 4.99 Å². The fourth-order valence-corrected chi connectivity index (χ4v) is 2.98. The monoisotopic (exact) mass is 480 g/mol. The third-order valence-electron chi connectivity index (χ3n) is 4.26. The number of nitrogens with one attached hydrogen (secondary N) is 2. The molecule has 1 aromatic rings. The van der Waals surface area contributed by atoms with Crippen LogP contribution in [0.3, 0.4) is 0 Å². The molecule has 1 saturated heterocycles. The highest BCUT2D eigenvalue weighted by atomic mass is 127. The summed E-state index contributed by atoms with van der Waals surface area (Å²) >= 11 is 0. The predicted molar refractivity (Wildman–Crippen MR) is 113 cm³/mol. The topological polar surface area (TPSA) is 69.1 Å². The molecule has 6 nitrogen and oxygen atoms in total. The molecule has 1 aromatic carbocycles. The number of methoxy groups -OCH3 is 1. The minimum absolute atomic E-state index is 0. The molecule has 8 heteroatoms. The minimum atomic E-state index is -0.313. The highest BCUT2D eigenvalue weighted by Crippen LogP contribution is 2.20. The van der Waals surface area contributed by atoms with Crippen molar-refractivity contribution in [1.29, 1.82) is 0 Å². The third kappa shape index (κ3) is 7.24. The van der Waals surface area contributed by atoms with Crippen molar-refractivity contribution < 1.29 is 14.2 Å². The molecule has 0 amide bonds. The molecule has 0 atom stereocenters. The number of nitrogens with zero attached hydrogens (tertiary/aromatic N) is 2. The second kappa shape index (κ2) is 12.3. The van der Waals surface area contributed by atoms with Gasteiger partial charge >= 0.3 is 0 Å². The summed E-state index contributed by atoms with van der Waals surface area (Å²) in [5.41, 5.74) is 0.961. The SMILES string of the molecule is CCNC(=NCCO)NC1CCN(Cc2ccc(OC)c(F)c2)CC1.I. The van der Waals surface area contributed by atoms with E-state index in [2.05, 4.69) is 20.5 Å². The van der Waals surface area contributed by atoms with E-state index in [4.69, 9.17) is 9.84 Å². The molecule has 0 radical (unpaired) electrons. The van der Waals surface area contributed by atoms with Gasteiger partial charge in [-0.1, -0.05) is 6.07 Å². The molecule has 1 heterocycles. The molecule has 0 spiro atoms. The Balaban J connectivity index is 0.00000338. The standard InChI is InChI=1S/C18H29FN4O2.HI/c1-3-20-18(21-8-11-24)22-15-6-9-23(10-7-15)13-14-4-5-17(25-2)16(19)12-14;/h4-5,12,15,24H,3,6-11,13H2,1-2H3,(H2,20,21,22);1H. The average molecular weight is 480 g/mol. The van der Waals surface area contributed by atoms with Crippen molar-refractivity contribution in [2.75, 3.05) is 39.9 Å². The van der Waals surface area contributed by atoms with Crippen LogP contribution >= 0.6 is 24.0 Å². The van der Waals surface area contributed by atoms with Crippen LogP contribution in [0.25, 0.3) is 0 Å². The van der Waals surface area contributed by atoms with Crippen molar-refractivity contribution in [3.63, 3.8) is 0 Å². The molecule has 1 aliphatic rings. The zero-order valence-electron chi connectivity index (χ0n) is 15.5. The van der Waals surface area contributed by atoms with Crippen LogP contribution in [0.1, 0.15) is 25.3 Å². The van der Waals surface area contributed by atoms with Crippen LogP contribution in [0.15, 0.2) is 23.2 Å². The smallest absolute Gasteiger partial charge is 0.191 e. The Bertz CT molecular complexity index is 566. The minimum Gasteiger partial charge on any atom is -0.494 e. The first kappa shape index (κ1) is 22.9. The molecule has 0 aliphatic carbocycles. The summed E-state index contributed by atoms with van der Waals surface area (Å²) < 4.78 is 18.8. The number of hydrogen-bond donors (Lipinski definition) is 3. The molecule has 2 rings (SSSR count). The van der Waals surface area contributed by atoms with Crippen molar-refractivity contribution in [3.8, 4) is 5.75 Å². The number of likely N-dealkylation sites (tertiary alicyclic amines) is 1. The molecule has 0 unspecified atom stereocenters. The van der Waals surface area contributed by atoms with E-state index in [1.54, 1.807) is 12.1 Å². The summed E-state index contributed by atoms with van der Waals surface area (Å²) in [5, 5.41) is 15.5. The zero-order valence-corrected chi connectivity index (χ0v) is 17.8. The lowest BCUT2D eigenvalue weighted by atomic mass is 10.0. The van der Waals surface area contributed by atoms with E-state index in [0.29, 0.717) is 12.6 Å². The lowest BCUT2D eigenvalue weighted by Crippen LogP contribution is -2.48. The van der Waals surface area contributed by atoms with E-state index in [-0.39, 0.29) is 42.2 Å². The van der Waals surface area contributed by atoms with E-state index in [0.717, 1.165) is 50.5 Å². The maximum Gasteiger partial charge on any atom is 0.191 e. The molecular weight excluding hydrogens is 450 g/mol. The summed E-state index contributed by atoms with van der Waals surface area (Å²) in [5.74, 6) is 0.726. The zero-order chi connectivity index (χ0) is 18.1. The van der Waals surface area contributed by atoms with Gasteiger partial charge in [0.05, 0.1) is 20.3 Å². The Morgan fingerprint density at radius 2 is 2.12 bits per heavy atom. The van der Waals surface area contributed by atoms with Gasteiger partial charge in [0.25, 0.3) is 0 Å². The number of aliphatic imine (C=N–C) groups is 1. The number of hydrogen-bond acceptors (Lipinski definition) is 4. The molecule has 1 fully saturated rings. The van der Waals surface area contributed by atoms with Crippen molar-refractivity contribution in [2.45, 2.75) is 32.4 Å². The largest absolute Gasteiger partial charge is 0.494 e. The fourth-order valence-electron chi connectivity index (χ4n) is 2.98. The van der Waals surface area contributed by atoms with E-state index in [1.165, 1.54) is 7.11 Å². The first-order valence-corrected chi connectivity index (χ1v) is 8.86. The summed E-state index contributed by atoms with van der Waals surface area (Å²) in [6, 6.07) is 5.50. The van der Waals surface area contributed by atoms with Crippen LogP contribution < -0.4 is 15.4 Å². The predicted octanol–water partition coefficient (Wildman–Crippen LogP) is 1.96. The molecular formula is C18H30FIN4O2. The van der Waals surface area contributed by atoms with Gasteiger partial charge in [0, 0.05) is 32.2 Å². The number of piperidine rings is 1.